The van der Waals surface area contributed by atoms with Crippen LogP contribution in [0.2, 0.25) is 0 Å². The Bertz CT molecular complexity index is 7400. The van der Waals surface area contributed by atoms with E-state index in [2.05, 4.69) is 158 Å². The molecule has 12 aromatic carbocycles. The quantitative estimate of drug-likeness (QED) is 0.0898. The standard InChI is InChI=1S/C23H24.C21H30F6.C21H36.2C16H18.C15H21F3.C15H24.C14H22/c1-17-13-15-19(16-14-17)21-12-8-11-20(22(21)23(2,3)4)18-9-6-5-7-10-18;1-13(19(7,8)21(25,26)27)15-11-9-10-14(16(15)17(2,3)4)12-18(5,6)20(22,23)24;1-15(20(5,6)7)17-13-11-12-16(14-19(2,3)4)18(17)21(8,9)10;2*1-16(2,3)15-12-8-7-11-14(15)13-9-5-4-6-10-13;1-13(2,3)12-9-7-6-8-11(12)10-14(4,5)15(16,17)18;1-14(2,3)11-12-9-7-8-10-13(12)15(4,5)6;1-11(2)10-12-8-6-7-9-13(12)14(3,4)5/h5-16H,1-4H3;9-11,13H,12H2,1-8H3;11-13,15H,14H2,1-10H3;2*4-12H,1-3H3;6-9H,10H2,1-5H3;7-10H,11H2,1-6H3;6-9,11H,10H2,1-5H3/i5D,6D,7D,9D,10D,13D,14D,15D,16D;12D2,13D;14D2,15D;4D,5D,6D,9D,10D;;10D2;11D2;10D2. The van der Waals surface area contributed by atoms with E-state index in [-0.39, 0.29) is 149 Å². The van der Waals surface area contributed by atoms with Gasteiger partial charge in [-0.15, -0.1) is 0 Å². The Hall–Kier alpha value is -9.99. The maximum Gasteiger partial charge on any atom is 0.394 e. The summed E-state index contributed by atoms with van der Waals surface area (Å²) in [4.78, 5) is 0. The van der Waals surface area contributed by atoms with E-state index in [1.807, 2.05) is 216 Å². The van der Waals surface area contributed by atoms with Gasteiger partial charge in [-0.1, -0.05) is 594 Å². The molecule has 9 heteroatoms. The average molecular weight is 2090 g/mol. The first-order valence-corrected chi connectivity index (χ1v) is 51.9. The van der Waals surface area contributed by atoms with Gasteiger partial charge in [-0.3, -0.25) is 0 Å². The van der Waals surface area contributed by atoms with Gasteiger partial charge in [-0.2, -0.15) is 39.5 Å². The first-order chi connectivity index (χ1) is 78.5. The van der Waals surface area contributed by atoms with Gasteiger partial charge in [0.2, 0.25) is 0 Å². The van der Waals surface area contributed by atoms with Gasteiger partial charge in [-0.25, -0.2) is 0 Å². The molecule has 0 aromatic heterocycles. The molecule has 0 heterocycles. The minimum atomic E-state index is -4.91. The van der Waals surface area contributed by atoms with Gasteiger partial charge in [0, 0.05) is 16.4 Å². The molecule has 0 radical (unpaired) electrons. The van der Waals surface area contributed by atoms with Crippen molar-refractivity contribution in [1.82, 2.24) is 0 Å². The number of benzene rings is 12. The lowest BCUT2D eigenvalue weighted by atomic mass is 9.68. The SMILES string of the molecule is CC(C)(C)c1ccccc1-c1ccccc1.[2H]C([2H])(c1cccc(C([2H])(C)C(C)(C)C(F)(F)F)c1C(C)(C)C)C(C)(C)C(F)(F)F.[2H]C([2H])(c1cccc(C([2H])(C)C(C)(C)C)c1C(C)(C)C)C(C)(C)C.[2H]C([2H])(c1ccccc1C(C)(C)C)C(C)(C)C.[2H]C([2H])(c1ccccc1C(C)(C)C)C(C)(C)C(F)(F)F.[2H]C([2H])(c1ccccc1C(C)(C)C)C(C)C.[2H]c1c([2H])c([2H])c(-c2cccc(-c3c([2H])c([2H])c(C)c([2H])c3[2H])c2C(C)(C)C)c([2H])c1[2H].[2H]c1c([2H])c([2H])c(-c2ccccc2C(C)(C)C)c([2H])c1[2H]. The van der Waals surface area contributed by atoms with E-state index >= 15 is 0 Å². The van der Waals surface area contributed by atoms with Gasteiger partial charge < -0.3 is 0 Å². The molecule has 0 N–H and O–H groups in total. The van der Waals surface area contributed by atoms with Crippen molar-refractivity contribution in [3.63, 3.8) is 0 Å². The molecule has 150 heavy (non-hydrogen) atoms. The summed E-state index contributed by atoms with van der Waals surface area (Å²) >= 11 is 0. The summed E-state index contributed by atoms with van der Waals surface area (Å²) in [5.74, 6) is -3.11. The average Bonchev–Trinajstić information content (AvgIpc) is 0.712. The van der Waals surface area contributed by atoms with Crippen molar-refractivity contribution in [2.45, 2.75) is 410 Å². The molecule has 0 amide bonds. The zero-order valence-electron chi connectivity index (χ0n) is 125. The van der Waals surface area contributed by atoms with Crippen LogP contribution in [0.15, 0.2) is 291 Å². The summed E-state index contributed by atoms with van der Waals surface area (Å²) in [5.41, 5.74) is 3.17. The molecular weight excluding hydrogens is 1860 g/mol. The normalized spacial score (nSPS) is 16.6. The van der Waals surface area contributed by atoms with Gasteiger partial charge >= 0.3 is 18.5 Å². The van der Waals surface area contributed by atoms with Gasteiger partial charge in [-0.05, 0) is 244 Å². The Morgan fingerprint density at radius 1 is 0.240 bits per heavy atom. The Kier molecular flexibility index (Phi) is 32.3. The maximum absolute atomic E-state index is 13.8. The molecule has 2 atom stereocenters. The van der Waals surface area contributed by atoms with Crippen molar-refractivity contribution < 1.29 is 75.2 Å². The van der Waals surface area contributed by atoms with Crippen molar-refractivity contribution >= 4 is 0 Å². The van der Waals surface area contributed by atoms with Crippen molar-refractivity contribution in [3.05, 3.63) is 380 Å². The molecule has 0 saturated heterocycles. The zero-order chi connectivity index (χ0) is 138. The summed E-state index contributed by atoms with van der Waals surface area (Å²) in [6.07, 6.45) is -23.8. The van der Waals surface area contributed by atoms with E-state index in [1.54, 1.807) is 57.2 Å². The number of halogens is 9. The second kappa shape index (κ2) is 51.8. The number of hydrogen-bond donors (Lipinski definition) is 0. The fourth-order valence-electron chi connectivity index (χ4n) is 16.6. The third-order valence-electron chi connectivity index (χ3n) is 25.1. The van der Waals surface area contributed by atoms with Gasteiger partial charge in [0.05, 0.1) is 35.4 Å². The topological polar surface area (TPSA) is 0 Å². The number of alkyl halides is 9. The molecule has 0 bridgehead atoms. The molecule has 12 aromatic rings. The predicted octanol–water partition coefficient (Wildman–Crippen LogP) is 44.3. The van der Waals surface area contributed by atoms with Crippen LogP contribution < -0.4 is 0 Å². The highest BCUT2D eigenvalue weighted by molar-refractivity contribution is 5.80. The Morgan fingerprint density at radius 3 is 0.840 bits per heavy atom. The predicted molar refractivity (Wildman–Crippen MR) is 636 cm³/mol. The molecule has 2 unspecified atom stereocenters. The zero-order valence-corrected chi connectivity index (χ0v) is 98.6. The van der Waals surface area contributed by atoms with Gasteiger partial charge in [0.15, 0.2) is 0 Å². The van der Waals surface area contributed by atoms with Gasteiger partial charge in [0.1, 0.15) is 0 Å². The summed E-state index contributed by atoms with van der Waals surface area (Å²) in [6, 6.07) is 59.6. The molecule has 820 valence electrons. The summed E-state index contributed by atoms with van der Waals surface area (Å²) < 4.78 is 337. The second-order valence-corrected chi connectivity index (χ2v) is 51.9. The van der Waals surface area contributed by atoms with E-state index in [4.69, 9.17) is 35.6 Å². The molecule has 0 saturated carbocycles. The molecule has 0 spiro atoms. The van der Waals surface area contributed by atoms with Crippen LogP contribution in [0, 0.1) is 45.3 Å². The van der Waals surface area contributed by atoms with E-state index in [9.17, 15) is 39.5 Å². The Labute approximate surface area is 943 Å². The fourth-order valence-corrected chi connectivity index (χ4v) is 16.6. The lowest BCUT2D eigenvalue weighted by molar-refractivity contribution is -0.218. The molecular formula is C141H193F9. The van der Waals surface area contributed by atoms with Crippen LogP contribution in [0.3, 0.4) is 0 Å². The molecule has 0 aliphatic rings. The van der Waals surface area contributed by atoms with Crippen LogP contribution in [0.25, 0.3) is 44.5 Å². The Balaban J connectivity index is 0.000000355. The van der Waals surface area contributed by atoms with Crippen molar-refractivity contribution in [1.29, 1.82) is 0 Å². The second-order valence-electron chi connectivity index (χ2n) is 51.9. The minimum absolute atomic E-state index is 0.0119. The van der Waals surface area contributed by atoms with Crippen LogP contribution in [-0.2, 0) is 75.2 Å². The van der Waals surface area contributed by atoms with E-state index in [0.29, 0.717) is 27.8 Å². The first kappa shape index (κ1) is 93.6. The molecule has 0 aliphatic heterocycles. The highest BCUT2D eigenvalue weighted by atomic mass is 19.4. The van der Waals surface area contributed by atoms with Crippen LogP contribution in [0.4, 0.5) is 39.5 Å². The minimum Gasteiger partial charge on any atom is -0.171 e. The number of hydrogen-bond acceptors (Lipinski definition) is 0. The third kappa shape index (κ3) is 39.5. The highest BCUT2D eigenvalue weighted by Crippen LogP contribution is 2.53. The highest BCUT2D eigenvalue weighted by Gasteiger charge is 2.53. The smallest absolute Gasteiger partial charge is 0.171 e. The van der Waals surface area contributed by atoms with E-state index in [0.717, 1.165) is 93.0 Å². The molecule has 0 fully saturated rings. The number of rotatable bonds is 15. The van der Waals surface area contributed by atoms with Crippen molar-refractivity contribution in [2.75, 3.05) is 0 Å². The molecule has 12 rings (SSSR count). The van der Waals surface area contributed by atoms with Crippen molar-refractivity contribution in [3.8, 4) is 44.5 Å². The van der Waals surface area contributed by atoms with Gasteiger partial charge in [0.25, 0.3) is 0 Å². The van der Waals surface area contributed by atoms with Crippen molar-refractivity contribution in [2.24, 2.45) is 38.4 Å². The van der Waals surface area contributed by atoms with E-state index in [1.165, 1.54) is 47.9 Å². The largest absolute Gasteiger partial charge is 0.394 e. The van der Waals surface area contributed by atoms with E-state index < -0.39 is 124 Å². The first-order valence-electron chi connectivity index (χ1n) is 64.9. The fraction of sp³-hybridized carbons (Fsp3) is 0.489. The van der Waals surface area contributed by atoms with Crippen LogP contribution in [-0.4, -0.2) is 18.5 Å². The Morgan fingerprint density at radius 2 is 0.507 bits per heavy atom. The van der Waals surface area contributed by atoms with Crippen LogP contribution >= 0.6 is 0 Å². The van der Waals surface area contributed by atoms with Crippen LogP contribution in [0.5, 0.6) is 0 Å². The third-order valence-corrected chi connectivity index (χ3v) is 25.1. The summed E-state index contributed by atoms with van der Waals surface area (Å²) in [7, 11) is 0. The molecule has 0 aliphatic carbocycles. The van der Waals surface area contributed by atoms with Crippen LogP contribution in [0.1, 0.15) is 434 Å². The monoisotopic (exact) mass is 2080 g/mol. The summed E-state index contributed by atoms with van der Waals surface area (Å²) in [6.45, 7) is 79.4. The summed E-state index contributed by atoms with van der Waals surface area (Å²) in [5, 5.41) is 0. The lowest BCUT2D eigenvalue weighted by Crippen LogP contribution is -2.38. The maximum atomic E-state index is 13.8. The lowest BCUT2D eigenvalue weighted by Gasteiger charge is -2.39. The molecule has 0 nitrogen and oxygen atoms in total.